The Morgan fingerprint density at radius 3 is 2.42 bits per heavy atom. The van der Waals surface area contributed by atoms with Crippen LogP contribution in [0.5, 0.6) is 0 Å². The van der Waals surface area contributed by atoms with Gasteiger partial charge in [-0.25, -0.2) is 4.79 Å². The average molecular weight is 271 g/mol. The van der Waals surface area contributed by atoms with Crippen molar-refractivity contribution in [3.63, 3.8) is 0 Å². The van der Waals surface area contributed by atoms with Crippen molar-refractivity contribution in [2.75, 3.05) is 26.8 Å². The summed E-state index contributed by atoms with van der Waals surface area (Å²) in [4.78, 5) is 24.8. The van der Waals surface area contributed by atoms with Crippen LogP contribution in [0.1, 0.15) is 45.4 Å². The zero-order chi connectivity index (χ0) is 14.1. The Bertz CT molecular complexity index is 285. The van der Waals surface area contributed by atoms with Gasteiger partial charge in [0.15, 0.2) is 0 Å². The Labute approximate surface area is 115 Å². The molecule has 0 bridgehead atoms. The van der Waals surface area contributed by atoms with Crippen LogP contribution in [0.25, 0.3) is 0 Å². The number of piperidine rings is 1. The molecule has 0 saturated carbocycles. The molecule has 1 amide bonds. The molecule has 1 aliphatic heterocycles. The fourth-order valence-electron chi connectivity index (χ4n) is 2.25. The summed E-state index contributed by atoms with van der Waals surface area (Å²) < 4.78 is 9.94. The molecular weight excluding hydrogens is 246 g/mol. The number of hydrogen-bond donors (Lipinski definition) is 0. The molecule has 0 aromatic carbocycles. The van der Waals surface area contributed by atoms with Gasteiger partial charge in [0.25, 0.3) is 0 Å². The van der Waals surface area contributed by atoms with E-state index < -0.39 is 0 Å². The van der Waals surface area contributed by atoms with Gasteiger partial charge in [-0.3, -0.25) is 4.79 Å². The molecule has 1 saturated heterocycles. The summed E-state index contributed by atoms with van der Waals surface area (Å²) in [5.41, 5.74) is 0. The first-order valence-electron chi connectivity index (χ1n) is 7.18. The Hall–Kier alpha value is -1.26. The Balaban J connectivity index is 2.16. The number of carbonyl (C=O) groups is 2. The monoisotopic (exact) mass is 271 g/mol. The summed E-state index contributed by atoms with van der Waals surface area (Å²) in [7, 11) is 1.37. The first kappa shape index (κ1) is 15.8. The van der Waals surface area contributed by atoms with Gasteiger partial charge in [0, 0.05) is 13.1 Å². The van der Waals surface area contributed by atoms with Crippen LogP contribution in [0.15, 0.2) is 0 Å². The van der Waals surface area contributed by atoms with Crippen molar-refractivity contribution in [1.82, 2.24) is 4.90 Å². The highest BCUT2D eigenvalue weighted by Gasteiger charge is 2.28. The van der Waals surface area contributed by atoms with Crippen LogP contribution in [0, 0.1) is 5.92 Å². The SMILES string of the molecule is CCCCCCOC(=O)C1CCN(C(=O)OC)CC1. The third-order valence-electron chi connectivity index (χ3n) is 3.50. The van der Waals surface area contributed by atoms with Gasteiger partial charge in [-0.15, -0.1) is 0 Å². The van der Waals surface area contributed by atoms with Gasteiger partial charge in [-0.05, 0) is 19.3 Å². The zero-order valence-corrected chi connectivity index (χ0v) is 12.0. The van der Waals surface area contributed by atoms with E-state index >= 15 is 0 Å². The van der Waals surface area contributed by atoms with Crippen molar-refractivity contribution < 1.29 is 19.1 Å². The van der Waals surface area contributed by atoms with E-state index in [1.54, 1.807) is 4.90 Å². The van der Waals surface area contributed by atoms with Crippen molar-refractivity contribution in [3.8, 4) is 0 Å². The van der Waals surface area contributed by atoms with Gasteiger partial charge in [0.1, 0.15) is 0 Å². The van der Waals surface area contributed by atoms with Crippen LogP contribution >= 0.6 is 0 Å². The molecule has 0 unspecified atom stereocenters. The number of methoxy groups -OCH3 is 1. The molecule has 0 spiro atoms. The molecule has 1 fully saturated rings. The number of esters is 1. The van der Waals surface area contributed by atoms with E-state index in [1.165, 1.54) is 20.0 Å². The van der Waals surface area contributed by atoms with Crippen molar-refractivity contribution in [1.29, 1.82) is 0 Å². The second-order valence-electron chi connectivity index (χ2n) is 4.96. The van der Waals surface area contributed by atoms with E-state index in [2.05, 4.69) is 11.7 Å². The molecule has 5 nitrogen and oxygen atoms in total. The zero-order valence-electron chi connectivity index (χ0n) is 12.0. The van der Waals surface area contributed by atoms with Gasteiger partial charge >= 0.3 is 12.1 Å². The maximum Gasteiger partial charge on any atom is 0.409 e. The summed E-state index contributed by atoms with van der Waals surface area (Å²) in [5, 5.41) is 0. The summed E-state index contributed by atoms with van der Waals surface area (Å²) in [6, 6.07) is 0. The van der Waals surface area contributed by atoms with Crippen molar-refractivity contribution in [3.05, 3.63) is 0 Å². The highest BCUT2D eigenvalue weighted by Crippen LogP contribution is 2.19. The topological polar surface area (TPSA) is 55.8 Å². The number of likely N-dealkylation sites (tertiary alicyclic amines) is 1. The van der Waals surface area contributed by atoms with Gasteiger partial charge in [-0.1, -0.05) is 26.2 Å². The Morgan fingerprint density at radius 2 is 1.84 bits per heavy atom. The van der Waals surface area contributed by atoms with Crippen molar-refractivity contribution in [2.45, 2.75) is 45.4 Å². The molecule has 1 rings (SSSR count). The third kappa shape index (κ3) is 5.49. The second kappa shape index (κ2) is 8.77. The quantitative estimate of drug-likeness (QED) is 0.550. The van der Waals surface area contributed by atoms with E-state index in [9.17, 15) is 9.59 Å². The second-order valence-corrected chi connectivity index (χ2v) is 4.96. The molecule has 0 atom stereocenters. The van der Waals surface area contributed by atoms with Crippen molar-refractivity contribution >= 4 is 12.1 Å². The van der Waals surface area contributed by atoms with E-state index in [-0.39, 0.29) is 18.0 Å². The predicted molar refractivity (Wildman–Crippen MR) is 71.8 cm³/mol. The highest BCUT2D eigenvalue weighted by molar-refractivity contribution is 5.73. The summed E-state index contributed by atoms with van der Waals surface area (Å²) in [6.45, 7) is 3.82. The standard InChI is InChI=1S/C14H25NO4/c1-3-4-5-6-11-19-13(16)12-7-9-15(10-8-12)14(17)18-2/h12H,3-11H2,1-2H3. The lowest BCUT2D eigenvalue weighted by atomic mass is 9.97. The maximum absolute atomic E-state index is 11.8. The third-order valence-corrected chi connectivity index (χ3v) is 3.50. The van der Waals surface area contributed by atoms with Gasteiger partial charge in [0.2, 0.25) is 0 Å². The van der Waals surface area contributed by atoms with Gasteiger partial charge < -0.3 is 14.4 Å². The fraction of sp³-hybridized carbons (Fsp3) is 0.857. The lowest BCUT2D eigenvalue weighted by molar-refractivity contribution is -0.150. The van der Waals surface area contributed by atoms with E-state index in [0.29, 0.717) is 32.5 Å². The molecule has 19 heavy (non-hydrogen) atoms. The highest BCUT2D eigenvalue weighted by atomic mass is 16.5. The average Bonchev–Trinajstić information content (AvgIpc) is 2.46. The lowest BCUT2D eigenvalue weighted by Gasteiger charge is -2.29. The summed E-state index contributed by atoms with van der Waals surface area (Å²) >= 11 is 0. The fourth-order valence-corrected chi connectivity index (χ4v) is 2.25. The first-order valence-corrected chi connectivity index (χ1v) is 7.18. The molecule has 0 radical (unpaired) electrons. The van der Waals surface area contributed by atoms with E-state index in [4.69, 9.17) is 4.74 Å². The lowest BCUT2D eigenvalue weighted by Crippen LogP contribution is -2.40. The van der Waals surface area contributed by atoms with Crippen LogP contribution in [0.2, 0.25) is 0 Å². The molecule has 0 N–H and O–H groups in total. The minimum atomic E-state index is -0.314. The number of hydrogen-bond acceptors (Lipinski definition) is 4. The molecule has 1 aliphatic rings. The normalized spacial score (nSPS) is 16.2. The largest absolute Gasteiger partial charge is 0.465 e. The van der Waals surface area contributed by atoms with Crippen LogP contribution in [0.3, 0.4) is 0 Å². The minimum absolute atomic E-state index is 0.0629. The summed E-state index contributed by atoms with van der Waals surface area (Å²) in [6.07, 6.45) is 5.46. The molecule has 1 heterocycles. The van der Waals surface area contributed by atoms with Crippen LogP contribution < -0.4 is 0 Å². The number of carbonyl (C=O) groups excluding carboxylic acids is 2. The number of ether oxygens (including phenoxy) is 2. The molecule has 5 heteroatoms. The molecule has 0 aromatic heterocycles. The minimum Gasteiger partial charge on any atom is -0.465 e. The number of nitrogens with zero attached hydrogens (tertiary/aromatic N) is 1. The van der Waals surface area contributed by atoms with Crippen LogP contribution in [-0.4, -0.2) is 43.8 Å². The summed E-state index contributed by atoms with van der Waals surface area (Å²) in [5.74, 6) is -0.173. The van der Waals surface area contributed by atoms with Crippen LogP contribution in [-0.2, 0) is 14.3 Å². The van der Waals surface area contributed by atoms with Crippen molar-refractivity contribution in [2.24, 2.45) is 5.92 Å². The maximum atomic E-state index is 11.8. The first-order chi connectivity index (χ1) is 9.19. The number of rotatable bonds is 6. The smallest absolute Gasteiger partial charge is 0.409 e. The predicted octanol–water partition coefficient (Wildman–Crippen LogP) is 2.59. The van der Waals surface area contributed by atoms with Gasteiger partial charge in [0.05, 0.1) is 19.6 Å². The van der Waals surface area contributed by atoms with E-state index in [0.717, 1.165) is 12.8 Å². The molecular formula is C14H25NO4. The molecule has 0 aromatic rings. The Kier molecular flexibility index (Phi) is 7.30. The molecule has 0 aliphatic carbocycles. The van der Waals surface area contributed by atoms with Gasteiger partial charge in [-0.2, -0.15) is 0 Å². The van der Waals surface area contributed by atoms with Crippen LogP contribution in [0.4, 0.5) is 4.79 Å². The Morgan fingerprint density at radius 1 is 1.16 bits per heavy atom. The number of unbranched alkanes of at least 4 members (excludes halogenated alkanes) is 3. The van der Waals surface area contributed by atoms with E-state index in [1.807, 2.05) is 0 Å². The molecule has 110 valence electrons. The number of amides is 1.